The molecule has 0 fully saturated rings. The summed E-state index contributed by atoms with van der Waals surface area (Å²) >= 11 is 0. The SMILES string of the molecule is CCCCCCCCC=CCCCCCCCCCCCC(=O)OCC(COC(C)=O)OC(C)=O. The Morgan fingerprint density at radius 1 is 0.600 bits per heavy atom. The molecule has 0 aromatic heterocycles. The highest BCUT2D eigenvalue weighted by atomic mass is 16.6. The number of carbonyl (C=O) groups is 3. The van der Waals surface area contributed by atoms with Crippen LogP contribution in [0.4, 0.5) is 0 Å². The summed E-state index contributed by atoms with van der Waals surface area (Å²) in [7, 11) is 0. The number of ether oxygens (including phenoxy) is 3. The lowest BCUT2D eigenvalue weighted by Gasteiger charge is -2.16. The maximum Gasteiger partial charge on any atom is 0.305 e. The Morgan fingerprint density at radius 2 is 1.06 bits per heavy atom. The maximum absolute atomic E-state index is 11.9. The molecule has 0 rings (SSSR count). The lowest BCUT2D eigenvalue weighted by Crippen LogP contribution is -2.29. The highest BCUT2D eigenvalue weighted by Crippen LogP contribution is 2.12. The fraction of sp³-hybridized carbons (Fsp3) is 0.828. The van der Waals surface area contributed by atoms with Gasteiger partial charge >= 0.3 is 17.9 Å². The van der Waals surface area contributed by atoms with Gasteiger partial charge in [-0.1, -0.05) is 96.1 Å². The summed E-state index contributed by atoms with van der Waals surface area (Å²) in [6, 6.07) is 0. The molecule has 0 radical (unpaired) electrons. The highest BCUT2D eigenvalue weighted by Gasteiger charge is 2.16. The molecule has 1 unspecified atom stereocenters. The molecule has 1 atom stereocenters. The molecule has 204 valence electrons. The van der Waals surface area contributed by atoms with Crippen molar-refractivity contribution in [3.8, 4) is 0 Å². The van der Waals surface area contributed by atoms with Crippen molar-refractivity contribution in [3.05, 3.63) is 12.2 Å². The Bertz CT molecular complexity index is 557. The van der Waals surface area contributed by atoms with Gasteiger partial charge < -0.3 is 14.2 Å². The quantitative estimate of drug-likeness (QED) is 0.0592. The standard InChI is InChI=1S/C29H52O6/c1-4-5-6-7-8-9-10-11-12-13-14-15-16-17-18-19-20-21-22-23-29(32)34-25-28(35-27(3)31)24-33-26(2)30/h11-12,28H,4-10,13-25H2,1-3H3. The van der Waals surface area contributed by atoms with Gasteiger partial charge in [-0.05, 0) is 32.1 Å². The molecule has 0 heterocycles. The molecule has 0 N–H and O–H groups in total. The second-order valence-electron chi connectivity index (χ2n) is 9.47. The van der Waals surface area contributed by atoms with E-state index in [1.165, 1.54) is 104 Å². The van der Waals surface area contributed by atoms with Crippen molar-refractivity contribution in [1.82, 2.24) is 0 Å². The van der Waals surface area contributed by atoms with Crippen molar-refractivity contribution in [3.63, 3.8) is 0 Å². The number of rotatable bonds is 24. The van der Waals surface area contributed by atoms with E-state index in [9.17, 15) is 14.4 Å². The van der Waals surface area contributed by atoms with Gasteiger partial charge in [0.2, 0.25) is 0 Å². The Balaban J connectivity index is 3.47. The smallest absolute Gasteiger partial charge is 0.305 e. The van der Waals surface area contributed by atoms with E-state index in [2.05, 4.69) is 19.1 Å². The topological polar surface area (TPSA) is 78.9 Å². The summed E-state index contributed by atoms with van der Waals surface area (Å²) < 4.78 is 15.0. The molecular formula is C29H52O6. The fourth-order valence-corrected chi connectivity index (χ4v) is 3.87. The zero-order valence-corrected chi connectivity index (χ0v) is 22.8. The van der Waals surface area contributed by atoms with Gasteiger partial charge in [0.15, 0.2) is 6.10 Å². The van der Waals surface area contributed by atoms with E-state index in [0.717, 1.165) is 19.3 Å². The van der Waals surface area contributed by atoms with E-state index in [1.807, 2.05) is 0 Å². The van der Waals surface area contributed by atoms with Crippen LogP contribution in [-0.2, 0) is 28.6 Å². The van der Waals surface area contributed by atoms with Crippen LogP contribution in [0.3, 0.4) is 0 Å². The van der Waals surface area contributed by atoms with E-state index < -0.39 is 18.0 Å². The van der Waals surface area contributed by atoms with E-state index in [0.29, 0.717) is 6.42 Å². The van der Waals surface area contributed by atoms with Crippen molar-refractivity contribution in [2.75, 3.05) is 13.2 Å². The molecule has 0 saturated heterocycles. The van der Waals surface area contributed by atoms with Crippen LogP contribution in [0.2, 0.25) is 0 Å². The van der Waals surface area contributed by atoms with Gasteiger partial charge in [-0.25, -0.2) is 0 Å². The molecule has 6 nitrogen and oxygen atoms in total. The number of unbranched alkanes of at least 4 members (excludes halogenated alkanes) is 15. The van der Waals surface area contributed by atoms with Crippen LogP contribution >= 0.6 is 0 Å². The first-order chi connectivity index (χ1) is 17.0. The maximum atomic E-state index is 11.9. The second kappa shape index (κ2) is 25.2. The number of carbonyl (C=O) groups excluding carboxylic acids is 3. The van der Waals surface area contributed by atoms with Gasteiger partial charge in [0, 0.05) is 20.3 Å². The summed E-state index contributed by atoms with van der Waals surface area (Å²) in [5.41, 5.74) is 0. The van der Waals surface area contributed by atoms with Crippen LogP contribution < -0.4 is 0 Å². The molecule has 0 spiro atoms. The summed E-state index contributed by atoms with van der Waals surface area (Å²) in [6.45, 7) is 4.59. The van der Waals surface area contributed by atoms with Crippen molar-refractivity contribution in [2.24, 2.45) is 0 Å². The van der Waals surface area contributed by atoms with E-state index >= 15 is 0 Å². The van der Waals surface area contributed by atoms with Crippen LogP contribution in [0.15, 0.2) is 12.2 Å². The van der Waals surface area contributed by atoms with Crippen molar-refractivity contribution >= 4 is 17.9 Å². The van der Waals surface area contributed by atoms with Gasteiger partial charge in [-0.2, -0.15) is 0 Å². The van der Waals surface area contributed by atoms with Crippen molar-refractivity contribution in [2.45, 2.75) is 142 Å². The summed E-state index contributed by atoms with van der Waals surface area (Å²) in [6.07, 6.45) is 25.7. The monoisotopic (exact) mass is 496 g/mol. The van der Waals surface area contributed by atoms with Gasteiger partial charge in [-0.15, -0.1) is 0 Å². The highest BCUT2D eigenvalue weighted by molar-refractivity contribution is 5.69. The Hall–Kier alpha value is -1.85. The van der Waals surface area contributed by atoms with E-state index in [4.69, 9.17) is 14.2 Å². The molecule has 0 aromatic carbocycles. The molecule has 0 aliphatic carbocycles. The first-order valence-electron chi connectivity index (χ1n) is 14.1. The summed E-state index contributed by atoms with van der Waals surface area (Å²) in [5, 5.41) is 0. The summed E-state index contributed by atoms with van der Waals surface area (Å²) in [4.78, 5) is 33.9. The van der Waals surface area contributed by atoms with Crippen molar-refractivity contribution < 1.29 is 28.6 Å². The molecule has 0 saturated carbocycles. The minimum Gasteiger partial charge on any atom is -0.462 e. The van der Waals surface area contributed by atoms with Gasteiger partial charge in [0.1, 0.15) is 13.2 Å². The summed E-state index contributed by atoms with van der Waals surface area (Å²) in [5.74, 6) is -1.29. The number of esters is 3. The molecular weight excluding hydrogens is 444 g/mol. The lowest BCUT2D eigenvalue weighted by atomic mass is 10.1. The third-order valence-electron chi connectivity index (χ3n) is 5.88. The minimum absolute atomic E-state index is 0.0966. The fourth-order valence-electron chi connectivity index (χ4n) is 3.87. The zero-order valence-electron chi connectivity index (χ0n) is 22.8. The minimum atomic E-state index is -0.763. The average Bonchev–Trinajstić information content (AvgIpc) is 2.82. The molecule has 6 heteroatoms. The Kier molecular flexibility index (Phi) is 23.9. The largest absolute Gasteiger partial charge is 0.462 e. The van der Waals surface area contributed by atoms with Gasteiger partial charge in [0.05, 0.1) is 0 Å². The third-order valence-corrected chi connectivity index (χ3v) is 5.88. The van der Waals surface area contributed by atoms with Gasteiger partial charge in [0.25, 0.3) is 0 Å². The van der Waals surface area contributed by atoms with E-state index in [-0.39, 0.29) is 19.2 Å². The van der Waals surface area contributed by atoms with Crippen LogP contribution in [0.1, 0.15) is 136 Å². The first kappa shape index (κ1) is 33.1. The normalized spacial score (nSPS) is 12.0. The second-order valence-corrected chi connectivity index (χ2v) is 9.47. The first-order valence-corrected chi connectivity index (χ1v) is 14.1. The molecule has 0 amide bonds. The van der Waals surface area contributed by atoms with Crippen LogP contribution in [-0.4, -0.2) is 37.2 Å². The predicted molar refractivity (Wildman–Crippen MR) is 141 cm³/mol. The molecule has 0 aromatic rings. The third kappa shape index (κ3) is 26.6. The Morgan fingerprint density at radius 3 is 1.54 bits per heavy atom. The average molecular weight is 497 g/mol. The molecule has 0 aliphatic rings. The van der Waals surface area contributed by atoms with Crippen LogP contribution in [0.5, 0.6) is 0 Å². The number of allylic oxidation sites excluding steroid dienone is 2. The molecule has 0 bridgehead atoms. The van der Waals surface area contributed by atoms with E-state index in [1.54, 1.807) is 0 Å². The molecule has 35 heavy (non-hydrogen) atoms. The van der Waals surface area contributed by atoms with Crippen LogP contribution in [0, 0.1) is 0 Å². The molecule has 0 aliphatic heterocycles. The predicted octanol–water partition coefficient (Wildman–Crippen LogP) is 7.62. The van der Waals surface area contributed by atoms with Crippen LogP contribution in [0.25, 0.3) is 0 Å². The Labute approximate surface area is 214 Å². The zero-order chi connectivity index (χ0) is 26.0. The van der Waals surface area contributed by atoms with Gasteiger partial charge in [-0.3, -0.25) is 14.4 Å². The number of hydrogen-bond acceptors (Lipinski definition) is 6. The number of hydrogen-bond donors (Lipinski definition) is 0. The van der Waals surface area contributed by atoms with Crippen molar-refractivity contribution in [1.29, 1.82) is 0 Å². The lowest BCUT2D eigenvalue weighted by molar-refractivity contribution is -0.164.